The molecule has 1 aromatic carbocycles. The molecule has 0 saturated heterocycles. The van der Waals surface area contributed by atoms with Crippen LogP contribution in [-0.4, -0.2) is 11.1 Å². The lowest BCUT2D eigenvalue weighted by molar-refractivity contribution is -0.139. The van der Waals surface area contributed by atoms with E-state index in [9.17, 15) is 9.90 Å². The quantitative estimate of drug-likeness (QED) is 0.857. The number of carboxylic acids is 1. The second-order valence-corrected chi connectivity index (χ2v) is 4.68. The Morgan fingerprint density at radius 3 is 2.40 bits per heavy atom. The van der Waals surface area contributed by atoms with Crippen LogP contribution >= 0.6 is 11.6 Å². The van der Waals surface area contributed by atoms with E-state index in [2.05, 4.69) is 6.92 Å². The number of benzene rings is 1. The van der Waals surface area contributed by atoms with E-state index in [1.165, 1.54) is 0 Å². The molecule has 0 amide bonds. The van der Waals surface area contributed by atoms with Gasteiger partial charge in [-0.25, -0.2) is 0 Å². The Morgan fingerprint density at radius 2 is 2.00 bits per heavy atom. The van der Waals surface area contributed by atoms with Crippen molar-refractivity contribution < 1.29 is 9.90 Å². The molecule has 3 unspecified atom stereocenters. The summed E-state index contributed by atoms with van der Waals surface area (Å²) in [4.78, 5) is 11.2. The van der Waals surface area contributed by atoms with Gasteiger partial charge in [0.25, 0.3) is 0 Å². The highest BCUT2D eigenvalue weighted by Crippen LogP contribution is 2.48. The maximum atomic E-state index is 11.2. The number of aliphatic carboxylic acids is 1. The summed E-state index contributed by atoms with van der Waals surface area (Å²) in [7, 11) is 0. The molecule has 0 aromatic heterocycles. The zero-order valence-corrected chi connectivity index (χ0v) is 9.24. The SMILES string of the molecule is CC1CC1C(C(=O)O)c1ccc(Cl)cc1. The number of halogens is 1. The third-order valence-electron chi connectivity index (χ3n) is 3.10. The Balaban J connectivity index is 2.25. The van der Waals surface area contributed by atoms with Crippen LogP contribution in [0.2, 0.25) is 5.02 Å². The van der Waals surface area contributed by atoms with Gasteiger partial charge in [0.05, 0.1) is 5.92 Å². The van der Waals surface area contributed by atoms with Gasteiger partial charge in [0.2, 0.25) is 0 Å². The molecule has 3 atom stereocenters. The van der Waals surface area contributed by atoms with Crippen LogP contribution in [0.1, 0.15) is 24.8 Å². The Bertz CT molecular complexity index is 372. The van der Waals surface area contributed by atoms with Gasteiger partial charge in [0, 0.05) is 5.02 Å². The normalized spacial score (nSPS) is 26.0. The van der Waals surface area contributed by atoms with Crippen molar-refractivity contribution >= 4 is 17.6 Å². The van der Waals surface area contributed by atoms with Crippen LogP contribution in [0, 0.1) is 11.8 Å². The van der Waals surface area contributed by atoms with Crippen LogP contribution < -0.4 is 0 Å². The molecule has 15 heavy (non-hydrogen) atoms. The van der Waals surface area contributed by atoms with Crippen LogP contribution in [-0.2, 0) is 4.79 Å². The fraction of sp³-hybridized carbons (Fsp3) is 0.417. The molecule has 1 N–H and O–H groups in total. The summed E-state index contributed by atoms with van der Waals surface area (Å²) in [6.07, 6.45) is 1.01. The summed E-state index contributed by atoms with van der Waals surface area (Å²) in [6.45, 7) is 2.09. The number of hydrogen-bond acceptors (Lipinski definition) is 1. The molecule has 2 nitrogen and oxygen atoms in total. The Labute approximate surface area is 93.9 Å². The predicted molar refractivity (Wildman–Crippen MR) is 59.1 cm³/mol. The number of carboxylic acid groups (broad SMARTS) is 1. The van der Waals surface area contributed by atoms with Gasteiger partial charge in [-0.3, -0.25) is 4.79 Å². The highest BCUT2D eigenvalue weighted by molar-refractivity contribution is 6.30. The van der Waals surface area contributed by atoms with Crippen molar-refractivity contribution in [3.8, 4) is 0 Å². The maximum Gasteiger partial charge on any atom is 0.311 e. The highest BCUT2D eigenvalue weighted by Gasteiger charge is 2.43. The van der Waals surface area contributed by atoms with Crippen molar-refractivity contribution in [1.29, 1.82) is 0 Å². The average Bonchev–Trinajstić information content (AvgIpc) is 2.86. The lowest BCUT2D eigenvalue weighted by Gasteiger charge is -2.11. The van der Waals surface area contributed by atoms with E-state index < -0.39 is 5.97 Å². The topological polar surface area (TPSA) is 37.3 Å². The fourth-order valence-corrected chi connectivity index (χ4v) is 2.18. The van der Waals surface area contributed by atoms with Gasteiger partial charge in [-0.05, 0) is 36.0 Å². The van der Waals surface area contributed by atoms with Crippen molar-refractivity contribution in [2.75, 3.05) is 0 Å². The van der Waals surface area contributed by atoms with Gasteiger partial charge >= 0.3 is 5.97 Å². The average molecular weight is 225 g/mol. The molecule has 1 saturated carbocycles. The minimum absolute atomic E-state index is 0.295. The zero-order chi connectivity index (χ0) is 11.0. The molecular weight excluding hydrogens is 212 g/mol. The molecule has 0 radical (unpaired) electrons. The summed E-state index contributed by atoms with van der Waals surface area (Å²) < 4.78 is 0. The Kier molecular flexibility index (Phi) is 2.70. The maximum absolute atomic E-state index is 11.2. The molecule has 80 valence electrons. The first-order valence-electron chi connectivity index (χ1n) is 5.08. The lowest BCUT2D eigenvalue weighted by Crippen LogP contribution is -2.14. The first-order valence-corrected chi connectivity index (χ1v) is 5.45. The summed E-state index contributed by atoms with van der Waals surface area (Å²) in [5.74, 6) is -0.269. The summed E-state index contributed by atoms with van der Waals surface area (Å²) >= 11 is 5.77. The highest BCUT2D eigenvalue weighted by atomic mass is 35.5. The van der Waals surface area contributed by atoms with Gasteiger partial charge in [-0.2, -0.15) is 0 Å². The summed E-state index contributed by atoms with van der Waals surface area (Å²) in [5, 5.41) is 9.84. The molecule has 1 aliphatic carbocycles. The third kappa shape index (κ3) is 2.15. The van der Waals surface area contributed by atoms with E-state index in [0.29, 0.717) is 16.9 Å². The molecule has 1 fully saturated rings. The molecule has 2 rings (SSSR count). The van der Waals surface area contributed by atoms with Crippen molar-refractivity contribution in [3.05, 3.63) is 34.9 Å². The smallest absolute Gasteiger partial charge is 0.311 e. The number of hydrogen-bond donors (Lipinski definition) is 1. The largest absolute Gasteiger partial charge is 0.481 e. The van der Waals surface area contributed by atoms with E-state index in [1.54, 1.807) is 12.1 Å². The summed E-state index contributed by atoms with van der Waals surface area (Å²) in [6, 6.07) is 7.12. The van der Waals surface area contributed by atoms with Crippen LogP contribution in [0.4, 0.5) is 0 Å². The monoisotopic (exact) mass is 224 g/mol. The van der Waals surface area contributed by atoms with E-state index >= 15 is 0 Å². The van der Waals surface area contributed by atoms with E-state index in [0.717, 1.165) is 12.0 Å². The first-order chi connectivity index (χ1) is 7.09. The fourth-order valence-electron chi connectivity index (χ4n) is 2.06. The third-order valence-corrected chi connectivity index (χ3v) is 3.35. The van der Waals surface area contributed by atoms with Gasteiger partial charge in [0.1, 0.15) is 0 Å². The number of rotatable bonds is 3. The molecule has 0 heterocycles. The molecule has 1 aromatic rings. The van der Waals surface area contributed by atoms with Crippen LogP contribution in [0.5, 0.6) is 0 Å². The van der Waals surface area contributed by atoms with Gasteiger partial charge < -0.3 is 5.11 Å². The van der Waals surface area contributed by atoms with Crippen molar-refractivity contribution in [2.24, 2.45) is 11.8 Å². The molecule has 0 bridgehead atoms. The molecule has 0 aliphatic heterocycles. The van der Waals surface area contributed by atoms with Crippen molar-refractivity contribution in [1.82, 2.24) is 0 Å². The zero-order valence-electron chi connectivity index (χ0n) is 8.48. The Morgan fingerprint density at radius 1 is 1.47 bits per heavy atom. The second-order valence-electron chi connectivity index (χ2n) is 4.24. The molecule has 0 spiro atoms. The number of carbonyl (C=O) groups is 1. The Hall–Kier alpha value is -1.02. The molecular formula is C12H13ClO2. The summed E-state index contributed by atoms with van der Waals surface area (Å²) in [5.41, 5.74) is 0.862. The van der Waals surface area contributed by atoms with Gasteiger partial charge in [-0.1, -0.05) is 30.7 Å². The van der Waals surface area contributed by atoms with Crippen molar-refractivity contribution in [3.63, 3.8) is 0 Å². The van der Waals surface area contributed by atoms with Crippen molar-refractivity contribution in [2.45, 2.75) is 19.3 Å². The standard InChI is InChI=1S/C12H13ClO2/c1-7-6-10(7)11(12(14)15)8-2-4-9(13)5-3-8/h2-5,7,10-11H,6H2,1H3,(H,14,15). The molecule has 1 aliphatic rings. The first kappa shape index (κ1) is 10.5. The van der Waals surface area contributed by atoms with Crippen LogP contribution in [0.3, 0.4) is 0 Å². The lowest BCUT2D eigenvalue weighted by atomic mass is 9.93. The second kappa shape index (κ2) is 3.86. The van der Waals surface area contributed by atoms with Crippen LogP contribution in [0.25, 0.3) is 0 Å². The van der Waals surface area contributed by atoms with Gasteiger partial charge in [0.15, 0.2) is 0 Å². The minimum atomic E-state index is -0.730. The van der Waals surface area contributed by atoms with E-state index in [4.69, 9.17) is 11.6 Å². The minimum Gasteiger partial charge on any atom is -0.481 e. The van der Waals surface area contributed by atoms with Crippen LogP contribution in [0.15, 0.2) is 24.3 Å². The molecule has 3 heteroatoms. The van der Waals surface area contributed by atoms with E-state index in [1.807, 2.05) is 12.1 Å². The predicted octanol–water partition coefficient (Wildman–Crippen LogP) is 3.16. The van der Waals surface area contributed by atoms with E-state index in [-0.39, 0.29) is 5.92 Å². The van der Waals surface area contributed by atoms with Gasteiger partial charge in [-0.15, -0.1) is 0 Å².